The van der Waals surface area contributed by atoms with E-state index in [9.17, 15) is 9.59 Å². The monoisotopic (exact) mass is 419 g/mol. The van der Waals surface area contributed by atoms with Crippen LogP contribution in [0.2, 0.25) is 10.0 Å². The maximum Gasteiger partial charge on any atom is 0.419 e. The van der Waals surface area contributed by atoms with E-state index in [0.29, 0.717) is 34.4 Å². The summed E-state index contributed by atoms with van der Waals surface area (Å²) >= 11 is 12.1. The first kappa shape index (κ1) is 19.1. The van der Waals surface area contributed by atoms with Gasteiger partial charge in [-0.3, -0.25) is 14.3 Å². The fourth-order valence-electron chi connectivity index (χ4n) is 3.65. The van der Waals surface area contributed by atoms with Crippen molar-refractivity contribution in [2.75, 3.05) is 18.4 Å². The van der Waals surface area contributed by atoms with Crippen LogP contribution in [0, 0.1) is 0 Å². The quantitative estimate of drug-likeness (QED) is 0.678. The molecule has 1 atom stereocenters. The number of carbonyl (C=O) groups excluding carboxylic acids is 1. The number of aromatic nitrogens is 1. The Morgan fingerprint density at radius 1 is 1.18 bits per heavy atom. The lowest BCUT2D eigenvalue weighted by molar-refractivity contribution is -0.120. The summed E-state index contributed by atoms with van der Waals surface area (Å²) in [5, 5.41) is 3.81. The molecule has 1 saturated heterocycles. The molecular formula is C20H19Cl2N3O3. The third-order valence-corrected chi connectivity index (χ3v) is 5.59. The molecule has 1 aromatic heterocycles. The predicted molar refractivity (Wildman–Crippen MR) is 110 cm³/mol. The minimum Gasteiger partial charge on any atom is -0.408 e. The number of halogens is 2. The Morgan fingerprint density at radius 2 is 2.00 bits per heavy atom. The molecule has 0 radical (unpaired) electrons. The lowest BCUT2D eigenvalue weighted by atomic mass is 10.2. The van der Waals surface area contributed by atoms with Gasteiger partial charge in [0.15, 0.2) is 5.58 Å². The molecule has 28 heavy (non-hydrogen) atoms. The number of oxazole rings is 1. The molecule has 1 amide bonds. The summed E-state index contributed by atoms with van der Waals surface area (Å²) in [4.78, 5) is 27.0. The fraction of sp³-hybridized carbons (Fsp3) is 0.300. The summed E-state index contributed by atoms with van der Waals surface area (Å²) in [6.45, 7) is 1.84. The molecule has 0 unspecified atom stereocenters. The van der Waals surface area contributed by atoms with Crippen LogP contribution in [0.1, 0.15) is 12.8 Å². The SMILES string of the molecule is O=C(Nc1ccc(Cl)cc1Cl)[C@H]1CCCN1CCn1c(=O)oc2ccccc21. The molecule has 1 aliphatic rings. The molecule has 2 aromatic carbocycles. The second kappa shape index (κ2) is 7.99. The highest BCUT2D eigenvalue weighted by atomic mass is 35.5. The van der Waals surface area contributed by atoms with Gasteiger partial charge in [-0.05, 0) is 49.7 Å². The summed E-state index contributed by atoms with van der Waals surface area (Å²) < 4.78 is 6.88. The number of para-hydroxylation sites is 2. The normalized spacial score (nSPS) is 17.3. The molecule has 3 aromatic rings. The van der Waals surface area contributed by atoms with E-state index in [1.165, 1.54) is 0 Å². The van der Waals surface area contributed by atoms with Crippen molar-refractivity contribution in [1.29, 1.82) is 0 Å². The van der Waals surface area contributed by atoms with Crippen LogP contribution in [0.25, 0.3) is 11.1 Å². The first-order valence-electron chi connectivity index (χ1n) is 9.11. The van der Waals surface area contributed by atoms with Crippen molar-refractivity contribution >= 4 is 45.9 Å². The molecule has 146 valence electrons. The van der Waals surface area contributed by atoms with E-state index >= 15 is 0 Å². The van der Waals surface area contributed by atoms with Gasteiger partial charge in [0.25, 0.3) is 0 Å². The molecule has 0 aliphatic carbocycles. The summed E-state index contributed by atoms with van der Waals surface area (Å²) in [6, 6.07) is 12.0. The molecule has 6 nitrogen and oxygen atoms in total. The minimum absolute atomic E-state index is 0.105. The first-order chi connectivity index (χ1) is 13.5. The summed E-state index contributed by atoms with van der Waals surface area (Å²) in [7, 11) is 0. The van der Waals surface area contributed by atoms with Gasteiger partial charge in [-0.1, -0.05) is 35.3 Å². The molecular weight excluding hydrogens is 401 g/mol. The molecule has 1 N–H and O–H groups in total. The van der Waals surface area contributed by atoms with Gasteiger partial charge < -0.3 is 9.73 Å². The van der Waals surface area contributed by atoms with Crippen molar-refractivity contribution < 1.29 is 9.21 Å². The van der Waals surface area contributed by atoms with E-state index in [0.717, 1.165) is 24.9 Å². The second-order valence-electron chi connectivity index (χ2n) is 6.79. The Hall–Kier alpha value is -2.28. The smallest absolute Gasteiger partial charge is 0.408 e. The number of rotatable bonds is 5. The van der Waals surface area contributed by atoms with Gasteiger partial charge in [0.2, 0.25) is 5.91 Å². The maximum atomic E-state index is 12.8. The van der Waals surface area contributed by atoms with Crippen LogP contribution in [0.4, 0.5) is 5.69 Å². The Labute approximate surface area is 171 Å². The number of benzene rings is 2. The van der Waals surface area contributed by atoms with Gasteiger partial charge in [-0.2, -0.15) is 0 Å². The number of carbonyl (C=O) groups is 1. The number of amides is 1. The van der Waals surface area contributed by atoms with Crippen LogP contribution in [0.5, 0.6) is 0 Å². The Balaban J connectivity index is 1.45. The third kappa shape index (κ3) is 3.81. The van der Waals surface area contributed by atoms with Gasteiger partial charge in [-0.15, -0.1) is 0 Å². The number of likely N-dealkylation sites (tertiary alicyclic amines) is 1. The number of nitrogens with zero attached hydrogens (tertiary/aromatic N) is 2. The highest BCUT2D eigenvalue weighted by Crippen LogP contribution is 2.27. The van der Waals surface area contributed by atoms with Gasteiger partial charge in [0.05, 0.1) is 22.3 Å². The van der Waals surface area contributed by atoms with E-state index in [1.807, 2.05) is 18.2 Å². The molecule has 0 spiro atoms. The van der Waals surface area contributed by atoms with E-state index < -0.39 is 0 Å². The highest BCUT2D eigenvalue weighted by Gasteiger charge is 2.31. The summed E-state index contributed by atoms with van der Waals surface area (Å²) in [6.07, 6.45) is 1.69. The largest absolute Gasteiger partial charge is 0.419 e. The minimum atomic E-state index is -0.380. The number of anilines is 1. The fourth-order valence-corrected chi connectivity index (χ4v) is 4.11. The van der Waals surface area contributed by atoms with E-state index in [4.69, 9.17) is 27.6 Å². The molecule has 0 bridgehead atoms. The molecule has 1 aliphatic heterocycles. The third-order valence-electron chi connectivity index (χ3n) is 5.04. The average molecular weight is 420 g/mol. The molecule has 0 saturated carbocycles. The summed E-state index contributed by atoms with van der Waals surface area (Å²) in [5.41, 5.74) is 1.88. The second-order valence-corrected chi connectivity index (χ2v) is 7.64. The Bertz CT molecular complexity index is 1080. The highest BCUT2D eigenvalue weighted by molar-refractivity contribution is 6.36. The van der Waals surface area contributed by atoms with Crippen LogP contribution in [-0.2, 0) is 11.3 Å². The number of hydrogen-bond acceptors (Lipinski definition) is 4. The van der Waals surface area contributed by atoms with Gasteiger partial charge in [0, 0.05) is 18.1 Å². The number of hydrogen-bond donors (Lipinski definition) is 1. The van der Waals surface area contributed by atoms with Crippen molar-refractivity contribution in [3.63, 3.8) is 0 Å². The van der Waals surface area contributed by atoms with Gasteiger partial charge >= 0.3 is 5.76 Å². The molecule has 2 heterocycles. The van der Waals surface area contributed by atoms with Crippen molar-refractivity contribution in [3.8, 4) is 0 Å². The standard InChI is InChI=1S/C20H19Cl2N3O3/c21-13-7-8-15(14(22)12-13)23-19(26)17-5-3-9-24(17)10-11-25-16-4-1-2-6-18(16)28-20(25)27/h1-2,4,6-8,12,17H,3,5,9-11H2,(H,23,26)/t17-/m1/s1. The zero-order valence-electron chi connectivity index (χ0n) is 15.0. The number of nitrogens with one attached hydrogen (secondary N) is 1. The predicted octanol–water partition coefficient (Wildman–Crippen LogP) is 4.00. The molecule has 4 rings (SSSR count). The zero-order chi connectivity index (χ0) is 19.7. The number of fused-ring (bicyclic) bond motifs is 1. The van der Waals surface area contributed by atoms with Crippen LogP contribution in [0.15, 0.2) is 51.7 Å². The zero-order valence-corrected chi connectivity index (χ0v) is 16.5. The lowest BCUT2D eigenvalue weighted by Crippen LogP contribution is -2.41. The Kier molecular flexibility index (Phi) is 5.44. The van der Waals surface area contributed by atoms with Gasteiger partial charge in [-0.25, -0.2) is 4.79 Å². The van der Waals surface area contributed by atoms with E-state index in [1.54, 1.807) is 28.8 Å². The van der Waals surface area contributed by atoms with Gasteiger partial charge in [0.1, 0.15) is 0 Å². The lowest BCUT2D eigenvalue weighted by Gasteiger charge is -2.23. The van der Waals surface area contributed by atoms with Crippen LogP contribution < -0.4 is 11.1 Å². The molecule has 1 fully saturated rings. The Morgan fingerprint density at radius 3 is 2.82 bits per heavy atom. The van der Waals surface area contributed by atoms with Crippen molar-refractivity contribution in [1.82, 2.24) is 9.47 Å². The van der Waals surface area contributed by atoms with Crippen LogP contribution >= 0.6 is 23.2 Å². The van der Waals surface area contributed by atoms with Crippen LogP contribution in [-0.4, -0.2) is 34.5 Å². The first-order valence-corrected chi connectivity index (χ1v) is 9.87. The van der Waals surface area contributed by atoms with E-state index in [2.05, 4.69) is 10.2 Å². The average Bonchev–Trinajstić information content (AvgIpc) is 3.26. The van der Waals surface area contributed by atoms with Crippen molar-refractivity contribution in [2.24, 2.45) is 0 Å². The van der Waals surface area contributed by atoms with Crippen molar-refractivity contribution in [2.45, 2.75) is 25.4 Å². The van der Waals surface area contributed by atoms with E-state index in [-0.39, 0.29) is 17.7 Å². The summed E-state index contributed by atoms with van der Waals surface area (Å²) in [5.74, 6) is -0.486. The van der Waals surface area contributed by atoms with Crippen LogP contribution in [0.3, 0.4) is 0 Å². The van der Waals surface area contributed by atoms with Crippen molar-refractivity contribution in [3.05, 3.63) is 63.1 Å². The molecule has 8 heteroatoms. The maximum absolute atomic E-state index is 12.8. The topological polar surface area (TPSA) is 67.5 Å².